The SMILES string of the molecule is CC(C)(C)CC(NC(=O)c1cscn1)c1ccccc1. The molecule has 1 unspecified atom stereocenters. The zero-order valence-electron chi connectivity index (χ0n) is 12.1. The number of hydrogen-bond donors (Lipinski definition) is 1. The summed E-state index contributed by atoms with van der Waals surface area (Å²) >= 11 is 1.43. The van der Waals surface area contributed by atoms with Crippen LogP contribution in [0.3, 0.4) is 0 Å². The molecule has 4 heteroatoms. The summed E-state index contributed by atoms with van der Waals surface area (Å²) in [6.45, 7) is 6.54. The molecule has 2 rings (SSSR count). The monoisotopic (exact) mass is 288 g/mol. The molecule has 2 aromatic rings. The van der Waals surface area contributed by atoms with Crippen LogP contribution in [0.5, 0.6) is 0 Å². The van der Waals surface area contributed by atoms with Crippen molar-refractivity contribution in [3.8, 4) is 0 Å². The lowest BCUT2D eigenvalue weighted by Crippen LogP contribution is -2.31. The van der Waals surface area contributed by atoms with Gasteiger partial charge in [0, 0.05) is 5.38 Å². The minimum atomic E-state index is -0.107. The van der Waals surface area contributed by atoms with Gasteiger partial charge in [0.1, 0.15) is 5.69 Å². The minimum absolute atomic E-state index is 0.00500. The standard InChI is InChI=1S/C16H20N2OS/c1-16(2,3)9-13(12-7-5-4-6-8-12)18-15(19)14-10-20-11-17-14/h4-8,10-11,13H,9H2,1-3H3,(H,18,19). The van der Waals surface area contributed by atoms with Gasteiger partial charge in [-0.2, -0.15) is 0 Å². The Balaban J connectivity index is 2.17. The van der Waals surface area contributed by atoms with Crippen LogP contribution in [0.1, 0.15) is 49.3 Å². The molecule has 0 aliphatic carbocycles. The van der Waals surface area contributed by atoms with Crippen LogP contribution in [0.15, 0.2) is 41.2 Å². The molecule has 20 heavy (non-hydrogen) atoms. The second-order valence-corrected chi connectivity index (χ2v) is 6.79. The van der Waals surface area contributed by atoms with Crippen LogP contribution in [0.25, 0.3) is 0 Å². The van der Waals surface area contributed by atoms with Gasteiger partial charge in [0.25, 0.3) is 5.91 Å². The fourth-order valence-electron chi connectivity index (χ4n) is 2.11. The van der Waals surface area contributed by atoms with Crippen LogP contribution >= 0.6 is 11.3 Å². The van der Waals surface area contributed by atoms with Crippen LogP contribution in [-0.2, 0) is 0 Å². The molecule has 0 fully saturated rings. The number of amides is 1. The first-order chi connectivity index (χ1) is 9.46. The molecule has 0 aliphatic heterocycles. The third-order valence-electron chi connectivity index (χ3n) is 2.99. The lowest BCUT2D eigenvalue weighted by atomic mass is 9.85. The Hall–Kier alpha value is -1.68. The van der Waals surface area contributed by atoms with E-state index in [2.05, 4.69) is 43.2 Å². The molecule has 1 amide bonds. The molecule has 106 valence electrons. The van der Waals surface area contributed by atoms with Crippen molar-refractivity contribution in [2.45, 2.75) is 33.2 Å². The highest BCUT2D eigenvalue weighted by Crippen LogP contribution is 2.29. The van der Waals surface area contributed by atoms with Crippen molar-refractivity contribution in [1.29, 1.82) is 0 Å². The maximum atomic E-state index is 12.2. The van der Waals surface area contributed by atoms with Crippen molar-refractivity contribution in [3.63, 3.8) is 0 Å². The van der Waals surface area contributed by atoms with Gasteiger partial charge in [-0.25, -0.2) is 4.98 Å². The van der Waals surface area contributed by atoms with Crippen molar-refractivity contribution >= 4 is 17.2 Å². The topological polar surface area (TPSA) is 42.0 Å². The van der Waals surface area contributed by atoms with E-state index in [-0.39, 0.29) is 17.4 Å². The number of hydrogen-bond acceptors (Lipinski definition) is 3. The third kappa shape index (κ3) is 4.17. The summed E-state index contributed by atoms with van der Waals surface area (Å²) < 4.78 is 0. The first kappa shape index (κ1) is 14.7. The molecule has 0 saturated carbocycles. The Morgan fingerprint density at radius 2 is 2.00 bits per heavy atom. The Labute approximate surface area is 124 Å². The maximum Gasteiger partial charge on any atom is 0.271 e. The van der Waals surface area contributed by atoms with Gasteiger partial charge in [-0.3, -0.25) is 4.79 Å². The second kappa shape index (κ2) is 6.18. The highest BCUT2D eigenvalue weighted by atomic mass is 32.1. The number of rotatable bonds is 4. The van der Waals surface area contributed by atoms with Crippen LogP contribution in [0.4, 0.5) is 0 Å². The molecular weight excluding hydrogens is 268 g/mol. The summed E-state index contributed by atoms with van der Waals surface area (Å²) in [5.41, 5.74) is 3.43. The van der Waals surface area contributed by atoms with Gasteiger partial charge < -0.3 is 5.32 Å². The Morgan fingerprint density at radius 1 is 1.30 bits per heavy atom. The predicted molar refractivity (Wildman–Crippen MR) is 82.8 cm³/mol. The summed E-state index contributed by atoms with van der Waals surface area (Å²) in [5, 5.41) is 4.87. The van der Waals surface area contributed by atoms with Crippen molar-refractivity contribution in [2.24, 2.45) is 5.41 Å². The van der Waals surface area contributed by atoms with E-state index < -0.39 is 0 Å². The molecule has 1 aromatic carbocycles. The first-order valence-corrected chi connectivity index (χ1v) is 7.64. The number of nitrogens with one attached hydrogen (secondary N) is 1. The van der Waals surface area contributed by atoms with Crippen LogP contribution in [-0.4, -0.2) is 10.9 Å². The number of thiazole rings is 1. The molecule has 0 radical (unpaired) electrons. The van der Waals surface area contributed by atoms with Crippen molar-refractivity contribution < 1.29 is 4.79 Å². The first-order valence-electron chi connectivity index (χ1n) is 6.70. The normalized spacial score (nSPS) is 12.9. The molecule has 1 aromatic heterocycles. The van der Waals surface area contributed by atoms with E-state index in [1.807, 2.05) is 18.2 Å². The Kier molecular flexibility index (Phi) is 4.55. The fourth-order valence-corrected chi connectivity index (χ4v) is 2.64. The average Bonchev–Trinajstić information content (AvgIpc) is 2.91. The Bertz CT molecular complexity index is 544. The second-order valence-electron chi connectivity index (χ2n) is 6.08. The summed E-state index contributed by atoms with van der Waals surface area (Å²) in [6, 6.07) is 10.1. The number of nitrogens with zero attached hydrogens (tertiary/aromatic N) is 1. The van der Waals surface area contributed by atoms with E-state index in [9.17, 15) is 4.79 Å². The van der Waals surface area contributed by atoms with Crippen molar-refractivity contribution in [3.05, 3.63) is 52.5 Å². The molecule has 1 heterocycles. The van der Waals surface area contributed by atoms with E-state index in [0.29, 0.717) is 5.69 Å². The lowest BCUT2D eigenvalue weighted by Gasteiger charge is -2.27. The summed E-state index contributed by atoms with van der Waals surface area (Å²) in [4.78, 5) is 16.3. The summed E-state index contributed by atoms with van der Waals surface area (Å²) in [6.07, 6.45) is 0.882. The Morgan fingerprint density at radius 3 is 2.55 bits per heavy atom. The van der Waals surface area contributed by atoms with Crippen LogP contribution < -0.4 is 5.32 Å². The van der Waals surface area contributed by atoms with E-state index in [0.717, 1.165) is 12.0 Å². The van der Waals surface area contributed by atoms with Crippen molar-refractivity contribution in [2.75, 3.05) is 0 Å². The van der Waals surface area contributed by atoms with Gasteiger partial charge in [0.2, 0.25) is 0 Å². The average molecular weight is 288 g/mol. The molecule has 0 bridgehead atoms. The molecule has 0 saturated heterocycles. The van der Waals surface area contributed by atoms with Crippen LogP contribution in [0, 0.1) is 5.41 Å². The molecular formula is C16H20N2OS. The summed E-state index contributed by atoms with van der Waals surface area (Å²) in [7, 11) is 0. The number of benzene rings is 1. The van der Waals surface area contributed by atoms with Gasteiger partial charge in [-0.1, -0.05) is 51.1 Å². The highest BCUT2D eigenvalue weighted by Gasteiger charge is 2.22. The molecule has 0 aliphatic rings. The fraction of sp³-hybridized carbons (Fsp3) is 0.375. The molecule has 0 spiro atoms. The largest absolute Gasteiger partial charge is 0.344 e. The van der Waals surface area contributed by atoms with Crippen molar-refractivity contribution in [1.82, 2.24) is 10.3 Å². The third-order valence-corrected chi connectivity index (χ3v) is 3.58. The van der Waals surface area contributed by atoms with E-state index in [1.165, 1.54) is 11.3 Å². The van der Waals surface area contributed by atoms with E-state index in [4.69, 9.17) is 0 Å². The maximum absolute atomic E-state index is 12.2. The van der Waals surface area contributed by atoms with Gasteiger partial charge in [0.15, 0.2) is 0 Å². The number of carbonyl (C=O) groups is 1. The summed E-state index contributed by atoms with van der Waals surface area (Å²) in [5.74, 6) is -0.107. The highest BCUT2D eigenvalue weighted by molar-refractivity contribution is 7.07. The van der Waals surface area contributed by atoms with E-state index >= 15 is 0 Å². The van der Waals surface area contributed by atoms with Gasteiger partial charge in [-0.15, -0.1) is 11.3 Å². The lowest BCUT2D eigenvalue weighted by molar-refractivity contribution is 0.0922. The predicted octanol–water partition coefficient (Wildman–Crippen LogP) is 4.05. The van der Waals surface area contributed by atoms with Gasteiger partial charge in [0.05, 0.1) is 11.6 Å². The minimum Gasteiger partial charge on any atom is -0.344 e. The van der Waals surface area contributed by atoms with E-state index in [1.54, 1.807) is 10.9 Å². The quantitative estimate of drug-likeness (QED) is 0.922. The zero-order chi connectivity index (χ0) is 14.6. The van der Waals surface area contributed by atoms with Crippen LogP contribution in [0.2, 0.25) is 0 Å². The number of carbonyl (C=O) groups excluding carboxylic acids is 1. The molecule has 3 nitrogen and oxygen atoms in total. The van der Waals surface area contributed by atoms with Gasteiger partial charge in [-0.05, 0) is 17.4 Å². The molecule has 1 atom stereocenters. The zero-order valence-corrected chi connectivity index (χ0v) is 12.9. The molecule has 1 N–H and O–H groups in total. The number of aromatic nitrogens is 1. The smallest absolute Gasteiger partial charge is 0.271 e. The van der Waals surface area contributed by atoms with Gasteiger partial charge >= 0.3 is 0 Å².